The SMILES string of the molecule is C1=CC2=C(CC1)C1(c3cc(N(c4ccccc4)c4ccc(-c5ccc6ccccc6c5-c5ccc6c(c5)C(c5ccccc5)(c5ccccc5)c5ccccc5-6)cc4)ccc32)c2ccccc2-c2ccccc21. The number of para-hydroxylation sites is 1. The van der Waals surface area contributed by atoms with Gasteiger partial charge in [-0.2, -0.15) is 0 Å². The molecule has 11 aromatic rings. The second-order valence-electron chi connectivity index (χ2n) is 20.1. The zero-order valence-corrected chi connectivity index (χ0v) is 40.3. The first-order chi connectivity index (χ1) is 36.2. The highest BCUT2D eigenvalue weighted by Gasteiger charge is 2.53. The Morgan fingerprint density at radius 1 is 0.329 bits per heavy atom. The van der Waals surface area contributed by atoms with Gasteiger partial charge in [-0.1, -0.05) is 231 Å². The highest BCUT2D eigenvalue weighted by atomic mass is 15.1. The molecule has 0 fully saturated rings. The maximum Gasteiger partial charge on any atom is 0.0713 e. The van der Waals surface area contributed by atoms with E-state index in [1.165, 1.54) is 111 Å². The van der Waals surface area contributed by atoms with Crippen molar-refractivity contribution in [3.8, 4) is 44.5 Å². The fraction of sp³-hybridized carbons (Fsp3) is 0.0556. The van der Waals surface area contributed by atoms with Crippen LogP contribution in [0.5, 0.6) is 0 Å². The maximum atomic E-state index is 2.51. The summed E-state index contributed by atoms with van der Waals surface area (Å²) in [5, 5.41) is 2.46. The van der Waals surface area contributed by atoms with E-state index in [0.29, 0.717) is 0 Å². The van der Waals surface area contributed by atoms with Gasteiger partial charge < -0.3 is 4.90 Å². The highest BCUT2D eigenvalue weighted by Crippen LogP contribution is 2.64. The summed E-state index contributed by atoms with van der Waals surface area (Å²) >= 11 is 0. The van der Waals surface area contributed by atoms with Gasteiger partial charge in [-0.05, 0) is 166 Å². The lowest BCUT2D eigenvalue weighted by molar-refractivity contribution is 0.714. The third-order valence-corrected chi connectivity index (χ3v) is 16.7. The molecule has 0 saturated carbocycles. The van der Waals surface area contributed by atoms with Crippen LogP contribution in [0.3, 0.4) is 0 Å². The van der Waals surface area contributed by atoms with E-state index in [4.69, 9.17) is 0 Å². The summed E-state index contributed by atoms with van der Waals surface area (Å²) in [4.78, 5) is 2.45. The average Bonchev–Trinajstić information content (AvgIpc) is 4.13. The van der Waals surface area contributed by atoms with Crippen LogP contribution in [-0.4, -0.2) is 0 Å². The Hall–Kier alpha value is -9.04. The number of hydrogen-bond donors (Lipinski definition) is 0. The van der Waals surface area contributed by atoms with Gasteiger partial charge in [0, 0.05) is 17.1 Å². The summed E-state index contributed by atoms with van der Waals surface area (Å²) in [6, 6.07) is 97.8. The molecule has 0 bridgehead atoms. The Bertz CT molecular complexity index is 3980. The predicted octanol–water partition coefficient (Wildman–Crippen LogP) is 18.4. The van der Waals surface area contributed by atoms with E-state index in [2.05, 4.69) is 278 Å². The third-order valence-electron chi connectivity index (χ3n) is 16.7. The molecule has 4 aliphatic carbocycles. The van der Waals surface area contributed by atoms with Crippen LogP contribution in [0.15, 0.2) is 279 Å². The molecule has 0 saturated heterocycles. The topological polar surface area (TPSA) is 3.24 Å². The molecule has 0 aliphatic heterocycles. The number of anilines is 3. The third kappa shape index (κ3) is 5.91. The van der Waals surface area contributed by atoms with E-state index in [1.807, 2.05) is 0 Å². The fourth-order valence-electron chi connectivity index (χ4n) is 13.8. The normalized spacial score (nSPS) is 14.8. The van der Waals surface area contributed by atoms with Gasteiger partial charge in [0.05, 0.1) is 10.8 Å². The molecule has 0 aromatic heterocycles. The van der Waals surface area contributed by atoms with Crippen molar-refractivity contribution in [3.63, 3.8) is 0 Å². The lowest BCUT2D eigenvalue weighted by Crippen LogP contribution is -2.28. The predicted molar refractivity (Wildman–Crippen MR) is 304 cm³/mol. The molecular formula is C72H49N. The second kappa shape index (κ2) is 16.2. The molecule has 0 atom stereocenters. The number of benzene rings is 11. The lowest BCUT2D eigenvalue weighted by atomic mass is 9.67. The molecule has 11 aromatic carbocycles. The monoisotopic (exact) mass is 927 g/mol. The summed E-state index contributed by atoms with van der Waals surface area (Å²) < 4.78 is 0. The van der Waals surface area contributed by atoms with Gasteiger partial charge in [0.2, 0.25) is 0 Å². The molecule has 0 amide bonds. The van der Waals surface area contributed by atoms with Crippen molar-refractivity contribution in [1.29, 1.82) is 0 Å². The highest BCUT2D eigenvalue weighted by molar-refractivity contribution is 6.05. The van der Waals surface area contributed by atoms with Gasteiger partial charge in [0.1, 0.15) is 0 Å². The zero-order valence-electron chi connectivity index (χ0n) is 40.3. The van der Waals surface area contributed by atoms with Gasteiger partial charge in [-0.15, -0.1) is 0 Å². The Labute approximate surface area is 427 Å². The van der Waals surface area contributed by atoms with E-state index < -0.39 is 5.41 Å². The van der Waals surface area contributed by atoms with Crippen molar-refractivity contribution in [2.75, 3.05) is 4.90 Å². The van der Waals surface area contributed by atoms with E-state index in [0.717, 1.165) is 29.9 Å². The molecule has 0 N–H and O–H groups in total. The van der Waals surface area contributed by atoms with Crippen molar-refractivity contribution in [3.05, 3.63) is 323 Å². The molecule has 0 heterocycles. The minimum absolute atomic E-state index is 0.348. The van der Waals surface area contributed by atoms with Gasteiger partial charge >= 0.3 is 0 Å². The van der Waals surface area contributed by atoms with Gasteiger partial charge in [-0.3, -0.25) is 0 Å². The Morgan fingerprint density at radius 2 is 0.822 bits per heavy atom. The van der Waals surface area contributed by atoms with Crippen LogP contribution in [0, 0.1) is 0 Å². The van der Waals surface area contributed by atoms with E-state index in [9.17, 15) is 0 Å². The van der Waals surface area contributed by atoms with Crippen LogP contribution in [0.4, 0.5) is 17.1 Å². The molecule has 1 heteroatoms. The van der Waals surface area contributed by atoms with Crippen LogP contribution >= 0.6 is 0 Å². The van der Waals surface area contributed by atoms with Crippen LogP contribution in [0.1, 0.15) is 57.3 Å². The lowest BCUT2D eigenvalue weighted by Gasteiger charge is -2.34. The van der Waals surface area contributed by atoms with Gasteiger partial charge in [0.25, 0.3) is 0 Å². The quantitative estimate of drug-likeness (QED) is 0.154. The average molecular weight is 928 g/mol. The molecule has 73 heavy (non-hydrogen) atoms. The van der Waals surface area contributed by atoms with Crippen LogP contribution in [-0.2, 0) is 10.8 Å². The van der Waals surface area contributed by atoms with Gasteiger partial charge in [-0.25, -0.2) is 0 Å². The summed E-state index contributed by atoms with van der Waals surface area (Å²) in [6.45, 7) is 0. The van der Waals surface area contributed by atoms with Crippen LogP contribution < -0.4 is 4.90 Å². The molecule has 4 aliphatic rings. The van der Waals surface area contributed by atoms with Crippen molar-refractivity contribution in [2.45, 2.75) is 23.7 Å². The summed E-state index contributed by atoms with van der Waals surface area (Å²) in [5.41, 5.74) is 26.2. The number of rotatable bonds is 7. The smallest absolute Gasteiger partial charge is 0.0713 e. The molecule has 1 nitrogen and oxygen atoms in total. The van der Waals surface area contributed by atoms with Crippen LogP contribution in [0.25, 0.3) is 60.9 Å². The van der Waals surface area contributed by atoms with Gasteiger partial charge in [0.15, 0.2) is 0 Å². The van der Waals surface area contributed by atoms with Crippen LogP contribution in [0.2, 0.25) is 0 Å². The molecule has 0 unspecified atom stereocenters. The van der Waals surface area contributed by atoms with Crippen molar-refractivity contribution in [2.24, 2.45) is 0 Å². The molecular weight excluding hydrogens is 879 g/mol. The van der Waals surface area contributed by atoms with E-state index in [-0.39, 0.29) is 5.41 Å². The Morgan fingerprint density at radius 3 is 1.49 bits per heavy atom. The summed E-state index contributed by atoms with van der Waals surface area (Å²) in [7, 11) is 0. The minimum Gasteiger partial charge on any atom is -0.310 e. The number of allylic oxidation sites excluding steroid dienone is 4. The maximum absolute atomic E-state index is 2.51. The van der Waals surface area contributed by atoms with Crippen molar-refractivity contribution < 1.29 is 0 Å². The number of fused-ring (bicyclic) bond motifs is 13. The summed E-state index contributed by atoms with van der Waals surface area (Å²) in [5.74, 6) is 0. The zero-order chi connectivity index (χ0) is 48.1. The number of nitrogens with zero attached hydrogens (tertiary/aromatic N) is 1. The fourth-order valence-corrected chi connectivity index (χ4v) is 13.8. The van der Waals surface area contributed by atoms with E-state index in [1.54, 1.807) is 0 Å². The molecule has 0 radical (unpaired) electrons. The first kappa shape index (κ1) is 41.7. The standard InChI is InChI=1S/C72H49N/c1-4-21-51(22-5-1)71(52-23-6-2-7-24-52)64-32-16-12-30-60(64)62-44-39-50(46-68(62)71)70-56-27-11-10-20-48(56)38-43-57(70)49-36-40-54(41-37-49)73(53-25-8-3-9-26-53)55-42-45-63-61-31-15-19-35-67(61)72(69(63)47-55)65-33-17-13-28-58(65)59-29-14-18-34-66(59)72/h1-18,20-34,36-47H,19,35H2. The second-order valence-corrected chi connectivity index (χ2v) is 20.1. The molecule has 15 rings (SSSR count). The van der Waals surface area contributed by atoms with Crippen molar-refractivity contribution >= 4 is 33.4 Å². The summed E-state index contributed by atoms with van der Waals surface area (Å²) in [6.07, 6.45) is 6.86. The largest absolute Gasteiger partial charge is 0.310 e. The first-order valence-electron chi connectivity index (χ1n) is 25.8. The Balaban J connectivity index is 0.893. The minimum atomic E-state index is -0.494. The molecule has 1 spiro atoms. The van der Waals surface area contributed by atoms with Crippen molar-refractivity contribution in [1.82, 2.24) is 0 Å². The Kier molecular flexibility index (Phi) is 9.29. The first-order valence-corrected chi connectivity index (χ1v) is 25.8. The molecule has 342 valence electrons. The number of hydrogen-bond acceptors (Lipinski definition) is 1. The van der Waals surface area contributed by atoms with E-state index >= 15 is 0 Å².